The van der Waals surface area contributed by atoms with Gasteiger partial charge in [-0.3, -0.25) is 4.57 Å². The largest absolute Gasteiger partial charge is 0.419 e. The minimum Gasteiger partial charge on any atom is -0.408 e. The lowest BCUT2D eigenvalue weighted by Crippen LogP contribution is -2.11. The van der Waals surface area contributed by atoms with Gasteiger partial charge < -0.3 is 4.42 Å². The quantitative estimate of drug-likeness (QED) is 0.576. The smallest absolute Gasteiger partial charge is 0.408 e. The second kappa shape index (κ2) is 3.81. The van der Waals surface area contributed by atoms with Crippen LogP contribution in [0.2, 0.25) is 0 Å². The molecule has 0 aliphatic rings. The first kappa shape index (κ1) is 9.83. The molecule has 0 saturated heterocycles. The maximum absolute atomic E-state index is 11.4. The van der Waals surface area contributed by atoms with E-state index < -0.39 is 0 Å². The molecule has 1 aromatic carbocycles. The summed E-state index contributed by atoms with van der Waals surface area (Å²) in [6, 6.07) is 5.22. The highest BCUT2D eigenvalue weighted by molar-refractivity contribution is 7.78. The van der Waals surface area contributed by atoms with E-state index in [2.05, 4.69) is 22.4 Å². The zero-order valence-corrected chi connectivity index (χ0v) is 8.87. The van der Waals surface area contributed by atoms with Crippen molar-refractivity contribution < 1.29 is 4.42 Å². The molecule has 1 heterocycles. The van der Waals surface area contributed by atoms with E-state index in [4.69, 9.17) is 4.42 Å². The van der Waals surface area contributed by atoms with Crippen LogP contribution >= 0.6 is 12.2 Å². The van der Waals surface area contributed by atoms with Gasteiger partial charge in [0, 0.05) is 12.6 Å². The number of isothiocyanates is 1. The maximum atomic E-state index is 11.4. The summed E-state index contributed by atoms with van der Waals surface area (Å²) in [5.74, 6) is -0.351. The molecule has 0 atom stereocenters. The number of aliphatic imine (C=N–C) groups is 1. The zero-order chi connectivity index (χ0) is 10.8. The minimum atomic E-state index is -0.351. The minimum absolute atomic E-state index is 0.351. The summed E-state index contributed by atoms with van der Waals surface area (Å²) in [7, 11) is 0. The van der Waals surface area contributed by atoms with Crippen LogP contribution in [0.25, 0.3) is 11.1 Å². The molecule has 76 valence electrons. The monoisotopic (exact) mass is 220 g/mol. The van der Waals surface area contributed by atoms with Crippen molar-refractivity contribution in [1.29, 1.82) is 0 Å². The van der Waals surface area contributed by atoms with E-state index in [0.717, 1.165) is 5.52 Å². The van der Waals surface area contributed by atoms with Gasteiger partial charge in [-0.1, -0.05) is 0 Å². The lowest BCUT2D eigenvalue weighted by Gasteiger charge is -1.95. The van der Waals surface area contributed by atoms with E-state index in [-0.39, 0.29) is 5.76 Å². The molecule has 0 radical (unpaired) electrons. The van der Waals surface area contributed by atoms with Gasteiger partial charge >= 0.3 is 5.76 Å². The Morgan fingerprint density at radius 2 is 2.40 bits per heavy atom. The zero-order valence-electron chi connectivity index (χ0n) is 8.06. The Morgan fingerprint density at radius 3 is 3.07 bits per heavy atom. The summed E-state index contributed by atoms with van der Waals surface area (Å²) in [5, 5.41) is 2.27. The molecule has 0 aliphatic heterocycles. The third kappa shape index (κ3) is 1.63. The Morgan fingerprint density at radius 1 is 1.60 bits per heavy atom. The van der Waals surface area contributed by atoms with E-state index in [9.17, 15) is 4.79 Å². The van der Waals surface area contributed by atoms with Gasteiger partial charge in [0.25, 0.3) is 0 Å². The molecular weight excluding hydrogens is 212 g/mol. The third-order valence-electron chi connectivity index (χ3n) is 2.14. The fraction of sp³-hybridized carbons (Fsp3) is 0.200. The summed E-state index contributed by atoms with van der Waals surface area (Å²) in [6.45, 7) is 2.47. The van der Waals surface area contributed by atoms with Crippen molar-refractivity contribution in [3.8, 4) is 0 Å². The number of hydrogen-bond acceptors (Lipinski definition) is 4. The summed E-state index contributed by atoms with van der Waals surface area (Å²) < 4.78 is 6.62. The number of rotatable bonds is 2. The number of aryl methyl sites for hydroxylation is 1. The molecule has 0 bridgehead atoms. The number of fused-ring (bicyclic) bond motifs is 1. The molecule has 1 aromatic heterocycles. The van der Waals surface area contributed by atoms with Crippen molar-refractivity contribution in [3.05, 3.63) is 28.7 Å². The van der Waals surface area contributed by atoms with Crippen LogP contribution < -0.4 is 5.76 Å². The first-order valence-electron chi connectivity index (χ1n) is 4.47. The van der Waals surface area contributed by atoms with Crippen molar-refractivity contribution in [3.63, 3.8) is 0 Å². The first-order chi connectivity index (χ1) is 7.26. The second-order valence-corrected chi connectivity index (χ2v) is 3.15. The lowest BCUT2D eigenvalue weighted by molar-refractivity contribution is 0.513. The molecule has 0 N–H and O–H groups in total. The van der Waals surface area contributed by atoms with Crippen LogP contribution in [0.3, 0.4) is 0 Å². The number of hydrogen-bond donors (Lipinski definition) is 0. The Hall–Kier alpha value is -1.71. The van der Waals surface area contributed by atoms with Crippen LogP contribution in [-0.4, -0.2) is 9.73 Å². The van der Waals surface area contributed by atoms with Gasteiger partial charge in [0.05, 0.1) is 16.4 Å². The maximum Gasteiger partial charge on any atom is 0.419 e. The summed E-state index contributed by atoms with van der Waals surface area (Å²) in [5.41, 5.74) is 1.92. The second-order valence-electron chi connectivity index (χ2n) is 2.97. The van der Waals surface area contributed by atoms with Gasteiger partial charge in [0.1, 0.15) is 0 Å². The Balaban J connectivity index is 2.74. The van der Waals surface area contributed by atoms with Crippen LogP contribution in [0.15, 0.2) is 32.4 Å². The summed E-state index contributed by atoms with van der Waals surface area (Å²) >= 11 is 4.50. The number of benzene rings is 1. The fourth-order valence-electron chi connectivity index (χ4n) is 1.48. The molecule has 0 unspecified atom stereocenters. The van der Waals surface area contributed by atoms with E-state index >= 15 is 0 Å². The van der Waals surface area contributed by atoms with Crippen LogP contribution in [-0.2, 0) is 6.54 Å². The normalized spacial score (nSPS) is 10.2. The summed E-state index contributed by atoms with van der Waals surface area (Å²) in [6.07, 6.45) is 0. The van der Waals surface area contributed by atoms with Gasteiger partial charge in [-0.2, -0.15) is 4.99 Å². The van der Waals surface area contributed by atoms with Gasteiger partial charge in [-0.25, -0.2) is 4.79 Å². The Labute approximate surface area is 90.8 Å². The highest BCUT2D eigenvalue weighted by atomic mass is 32.1. The Kier molecular flexibility index (Phi) is 2.49. The molecular formula is C10H8N2O2S. The highest BCUT2D eigenvalue weighted by Crippen LogP contribution is 2.19. The number of oxazole rings is 1. The average molecular weight is 220 g/mol. The number of nitrogens with zero attached hydrogens (tertiary/aromatic N) is 2. The van der Waals surface area contributed by atoms with Crippen LogP contribution in [0, 0.1) is 0 Å². The van der Waals surface area contributed by atoms with E-state index in [1.807, 2.05) is 6.92 Å². The summed E-state index contributed by atoms with van der Waals surface area (Å²) in [4.78, 5) is 15.2. The average Bonchev–Trinajstić information content (AvgIpc) is 2.53. The van der Waals surface area contributed by atoms with Gasteiger partial charge in [0.15, 0.2) is 5.58 Å². The molecule has 0 aliphatic carbocycles. The lowest BCUT2D eigenvalue weighted by atomic mass is 10.3. The Bertz CT molecular complexity index is 605. The fourth-order valence-corrected chi connectivity index (χ4v) is 1.58. The van der Waals surface area contributed by atoms with E-state index in [1.54, 1.807) is 22.8 Å². The van der Waals surface area contributed by atoms with Crippen LogP contribution in [0.5, 0.6) is 0 Å². The van der Waals surface area contributed by atoms with Crippen molar-refractivity contribution in [2.45, 2.75) is 13.5 Å². The molecule has 0 amide bonds. The van der Waals surface area contributed by atoms with Gasteiger partial charge in [-0.05, 0) is 31.3 Å². The predicted octanol–water partition coefficient (Wildman–Crippen LogP) is 2.35. The molecule has 2 aromatic rings. The molecule has 15 heavy (non-hydrogen) atoms. The van der Waals surface area contributed by atoms with Crippen LogP contribution in [0.4, 0.5) is 5.69 Å². The first-order valence-corrected chi connectivity index (χ1v) is 4.88. The topological polar surface area (TPSA) is 47.5 Å². The van der Waals surface area contributed by atoms with Crippen molar-refractivity contribution in [2.24, 2.45) is 4.99 Å². The third-order valence-corrected chi connectivity index (χ3v) is 2.23. The number of aromatic nitrogens is 1. The van der Waals surface area contributed by atoms with E-state index in [1.165, 1.54) is 0 Å². The highest BCUT2D eigenvalue weighted by Gasteiger charge is 2.07. The van der Waals surface area contributed by atoms with Gasteiger partial charge in [0.2, 0.25) is 0 Å². The standard InChI is InChI=1S/C10H8N2O2S/c1-2-12-8-4-3-7(11-6-15)5-9(8)14-10(12)13/h3-5H,2H2,1H3. The van der Waals surface area contributed by atoms with Crippen molar-refractivity contribution in [2.75, 3.05) is 0 Å². The molecule has 2 rings (SSSR count). The predicted molar refractivity (Wildman–Crippen MR) is 60.8 cm³/mol. The van der Waals surface area contributed by atoms with Crippen molar-refractivity contribution >= 4 is 34.2 Å². The molecule has 0 fully saturated rings. The molecule has 0 spiro atoms. The molecule has 0 saturated carbocycles. The van der Waals surface area contributed by atoms with Crippen LogP contribution in [0.1, 0.15) is 6.92 Å². The van der Waals surface area contributed by atoms with Crippen molar-refractivity contribution in [1.82, 2.24) is 4.57 Å². The SMILES string of the molecule is CCn1c(=O)oc2cc(N=C=S)ccc21. The molecule has 5 heteroatoms. The van der Waals surface area contributed by atoms with E-state index in [0.29, 0.717) is 17.8 Å². The number of thiocarbonyl (C=S) groups is 1. The van der Waals surface area contributed by atoms with Gasteiger partial charge in [-0.15, -0.1) is 0 Å². The molecule has 4 nitrogen and oxygen atoms in total.